The van der Waals surface area contributed by atoms with Crippen LogP contribution in [0, 0.1) is 0 Å². The molecule has 0 bridgehead atoms. The second kappa shape index (κ2) is 28.7. The molecule has 0 aliphatic heterocycles. The van der Waals surface area contributed by atoms with Crippen molar-refractivity contribution in [3.05, 3.63) is 49.6 Å². The van der Waals surface area contributed by atoms with Crippen LogP contribution < -0.4 is 20.4 Å². The molecule has 0 spiro atoms. The zero-order valence-corrected chi connectivity index (χ0v) is 15.5. The van der Waals surface area contributed by atoms with E-state index in [2.05, 4.69) is 13.2 Å². The molecule has 23 heavy (non-hydrogen) atoms. The Morgan fingerprint density at radius 3 is 1.00 bits per heavy atom. The Morgan fingerprint density at radius 1 is 0.783 bits per heavy atom. The summed E-state index contributed by atoms with van der Waals surface area (Å²) in [6.07, 6.45) is 6.33. The fraction of sp³-hybridized carbons (Fsp3) is 0.375. The van der Waals surface area contributed by atoms with Crippen molar-refractivity contribution in [3.8, 4) is 0 Å². The van der Waals surface area contributed by atoms with E-state index in [0.29, 0.717) is 0 Å². The van der Waals surface area contributed by atoms with Crippen LogP contribution in [0.1, 0.15) is 27.7 Å². The molecule has 0 aromatic heterocycles. The molecule has 0 aromatic carbocycles. The van der Waals surface area contributed by atoms with E-state index in [1.54, 1.807) is 27.7 Å². The summed E-state index contributed by atoms with van der Waals surface area (Å²) < 4.78 is 0. The molecule has 0 saturated carbocycles. The zero-order valence-electron chi connectivity index (χ0n) is 14.0. The van der Waals surface area contributed by atoms with Crippen LogP contribution in [-0.4, -0.2) is 24.1 Å². The van der Waals surface area contributed by atoms with Gasteiger partial charge in [-0.1, -0.05) is 65.2 Å². The number of carboxylic acid groups (broad SMARTS) is 2. The van der Waals surface area contributed by atoms with Crippen LogP contribution in [0.15, 0.2) is 49.6 Å². The van der Waals surface area contributed by atoms with Crippen LogP contribution in [0.2, 0.25) is 0 Å². The Labute approximate surface area is 153 Å². The molecule has 0 amide bonds. The number of hydrogen-bond acceptors (Lipinski definition) is 6. The van der Waals surface area contributed by atoms with Gasteiger partial charge in [0.2, 0.25) is 0 Å². The largest absolute Gasteiger partial charge is 4.00 e. The number of aliphatic carboxylic acids is 2. The first-order valence-electron chi connectivity index (χ1n) is 6.32. The molecular weight excluding hydrogens is 336 g/mol. The summed E-state index contributed by atoms with van der Waals surface area (Å²) in [5, 5.41) is 38.1. The molecule has 7 heteroatoms. The summed E-state index contributed by atoms with van der Waals surface area (Å²) in [6.45, 7) is 13.0. The second-order valence-electron chi connectivity index (χ2n) is 3.93. The molecule has 0 N–H and O–H groups in total. The Balaban J connectivity index is -0.0000000639. The molecule has 0 aliphatic rings. The van der Waals surface area contributed by atoms with E-state index in [1.807, 2.05) is 0 Å². The van der Waals surface area contributed by atoms with E-state index in [1.165, 1.54) is 24.3 Å². The molecular formula is C16H24O6Ti. The van der Waals surface area contributed by atoms with Gasteiger partial charge in [0.15, 0.2) is 0 Å². The van der Waals surface area contributed by atoms with Crippen molar-refractivity contribution in [2.24, 2.45) is 0 Å². The van der Waals surface area contributed by atoms with Crippen molar-refractivity contribution in [1.82, 2.24) is 0 Å². The van der Waals surface area contributed by atoms with E-state index >= 15 is 0 Å². The van der Waals surface area contributed by atoms with E-state index < -0.39 is 24.1 Å². The molecule has 0 aliphatic carbocycles. The zero-order chi connectivity index (χ0) is 18.6. The molecule has 0 rings (SSSR count). The summed E-state index contributed by atoms with van der Waals surface area (Å²) in [4.78, 5) is 19.0. The predicted molar refractivity (Wildman–Crippen MR) is 79.0 cm³/mol. The third kappa shape index (κ3) is 165. The van der Waals surface area contributed by atoms with Gasteiger partial charge in [-0.3, -0.25) is 0 Å². The first-order chi connectivity index (χ1) is 10.0. The minimum atomic E-state index is -1.19. The summed E-state index contributed by atoms with van der Waals surface area (Å²) in [5.74, 6) is -2.39. The van der Waals surface area contributed by atoms with Crippen LogP contribution in [0.5, 0.6) is 0 Å². The van der Waals surface area contributed by atoms with Gasteiger partial charge < -0.3 is 30.0 Å². The van der Waals surface area contributed by atoms with Gasteiger partial charge in [-0.15, -0.1) is 12.2 Å². The molecule has 0 saturated heterocycles. The minimum absolute atomic E-state index is 0. The van der Waals surface area contributed by atoms with Crippen LogP contribution in [0.4, 0.5) is 0 Å². The Hall–Kier alpha value is -1.47. The number of rotatable bonds is 4. The van der Waals surface area contributed by atoms with Crippen molar-refractivity contribution >= 4 is 11.9 Å². The van der Waals surface area contributed by atoms with Crippen molar-refractivity contribution < 1.29 is 51.7 Å². The second-order valence-corrected chi connectivity index (χ2v) is 3.93. The molecule has 0 aromatic rings. The molecule has 0 unspecified atom stereocenters. The standard InChI is InChI=1S/2C5H6O2.2C3H7O.Ti/c2*1-2-3-4-5(6)7;2*1-3(2)4;/h2*2-4H,1H2,(H,6,7);2*3H,1-2H3;/q;;2*-1;+4/p-2/b2*4-3+;;;. The van der Waals surface area contributed by atoms with E-state index in [9.17, 15) is 30.0 Å². The SMILES string of the molecule is C=C/C=C/C(=O)[O-].C=C/C=C/C(=O)[O-].CC(C)[O-].CC(C)[O-].[Ti+4]. The van der Waals surface area contributed by atoms with E-state index in [0.717, 1.165) is 12.2 Å². The van der Waals surface area contributed by atoms with Gasteiger partial charge in [0.1, 0.15) is 0 Å². The fourth-order valence-corrected chi connectivity index (χ4v) is 0.293. The van der Waals surface area contributed by atoms with Gasteiger partial charge >= 0.3 is 21.7 Å². The van der Waals surface area contributed by atoms with Crippen LogP contribution in [-0.2, 0) is 31.3 Å². The van der Waals surface area contributed by atoms with Crippen molar-refractivity contribution in [3.63, 3.8) is 0 Å². The third-order valence-corrected chi connectivity index (χ3v) is 0.737. The normalized spacial score (nSPS) is 8.70. The van der Waals surface area contributed by atoms with Gasteiger partial charge in [0.25, 0.3) is 0 Å². The van der Waals surface area contributed by atoms with Crippen LogP contribution >= 0.6 is 0 Å². The maximum absolute atomic E-state index is 9.53. The molecule has 128 valence electrons. The van der Waals surface area contributed by atoms with Gasteiger partial charge in [0, 0.05) is 0 Å². The van der Waals surface area contributed by atoms with E-state index in [4.69, 9.17) is 0 Å². The van der Waals surface area contributed by atoms with E-state index in [-0.39, 0.29) is 21.7 Å². The molecule has 0 radical (unpaired) electrons. The first kappa shape index (κ1) is 33.2. The Morgan fingerprint density at radius 2 is 0.957 bits per heavy atom. The average molecular weight is 360 g/mol. The third-order valence-electron chi connectivity index (χ3n) is 0.737. The first-order valence-corrected chi connectivity index (χ1v) is 6.32. The Kier molecular flexibility index (Phi) is 41.4. The number of carbonyl (C=O) groups is 2. The Bertz CT molecular complexity index is 307. The summed E-state index contributed by atoms with van der Waals surface area (Å²) in [5.41, 5.74) is 0. The maximum Gasteiger partial charge on any atom is 4.00 e. The topological polar surface area (TPSA) is 126 Å². The molecule has 0 heterocycles. The van der Waals surface area contributed by atoms with Gasteiger partial charge in [0.05, 0.1) is 11.9 Å². The minimum Gasteiger partial charge on any atom is -0.852 e. The summed E-state index contributed by atoms with van der Waals surface area (Å²) in [6, 6.07) is 0. The van der Waals surface area contributed by atoms with Gasteiger partial charge in [-0.2, -0.15) is 0 Å². The molecule has 6 nitrogen and oxygen atoms in total. The predicted octanol–water partition coefficient (Wildman–Crippen LogP) is -1.54. The number of hydrogen-bond donors (Lipinski definition) is 0. The van der Waals surface area contributed by atoms with Crippen molar-refractivity contribution in [2.75, 3.05) is 0 Å². The van der Waals surface area contributed by atoms with Crippen molar-refractivity contribution in [1.29, 1.82) is 0 Å². The smallest absolute Gasteiger partial charge is 0.852 e. The van der Waals surface area contributed by atoms with Gasteiger partial charge in [-0.05, 0) is 12.2 Å². The fourth-order valence-electron chi connectivity index (χ4n) is 0.293. The van der Waals surface area contributed by atoms with Crippen molar-refractivity contribution in [2.45, 2.75) is 39.9 Å². The quantitative estimate of drug-likeness (QED) is 0.340. The number of allylic oxidation sites excluding steroid dienone is 4. The average Bonchev–Trinajstić information content (AvgIpc) is 2.33. The van der Waals surface area contributed by atoms with Gasteiger partial charge in [-0.25, -0.2) is 0 Å². The summed E-state index contributed by atoms with van der Waals surface area (Å²) >= 11 is 0. The van der Waals surface area contributed by atoms with Crippen LogP contribution in [0.3, 0.4) is 0 Å². The monoisotopic (exact) mass is 360 g/mol. The maximum atomic E-state index is 9.53. The summed E-state index contributed by atoms with van der Waals surface area (Å²) in [7, 11) is 0. The molecule has 0 atom stereocenters. The number of carboxylic acids is 2. The number of carbonyl (C=O) groups excluding carboxylic acids is 2. The molecule has 0 fully saturated rings. The van der Waals surface area contributed by atoms with Crippen LogP contribution in [0.25, 0.3) is 0 Å².